The van der Waals surface area contributed by atoms with Gasteiger partial charge in [-0.2, -0.15) is 13.2 Å². The number of nitrogens with zero attached hydrogens (tertiary/aromatic N) is 1. The molecule has 1 aliphatic heterocycles. The second-order valence-corrected chi connectivity index (χ2v) is 6.39. The van der Waals surface area contributed by atoms with Crippen molar-refractivity contribution in [3.8, 4) is 0 Å². The van der Waals surface area contributed by atoms with Crippen molar-refractivity contribution in [2.75, 3.05) is 10.2 Å². The van der Waals surface area contributed by atoms with Gasteiger partial charge in [0.25, 0.3) is 0 Å². The van der Waals surface area contributed by atoms with Crippen molar-refractivity contribution in [2.24, 2.45) is 0 Å². The lowest BCUT2D eigenvalue weighted by atomic mass is 9.97. The number of para-hydroxylation sites is 1. The first-order chi connectivity index (χ1) is 11.8. The van der Waals surface area contributed by atoms with E-state index in [1.54, 1.807) is 11.0 Å². The predicted octanol–water partition coefficient (Wildman–Crippen LogP) is 5.38. The van der Waals surface area contributed by atoms with Crippen molar-refractivity contribution in [3.05, 3.63) is 59.4 Å². The molecule has 2 nitrogen and oxygen atoms in total. The highest BCUT2D eigenvalue weighted by atomic mass is 32.1. The Hall–Kier alpha value is -2.15. The van der Waals surface area contributed by atoms with Crippen molar-refractivity contribution in [1.82, 2.24) is 0 Å². The second-order valence-electron chi connectivity index (χ2n) is 6.00. The number of anilines is 2. The fourth-order valence-corrected chi connectivity index (χ4v) is 3.43. The number of hydrogen-bond acceptors (Lipinski definition) is 1. The quantitative estimate of drug-likeness (QED) is 0.537. The second kappa shape index (κ2) is 6.63. The third-order valence-electron chi connectivity index (χ3n) is 4.27. The van der Waals surface area contributed by atoms with E-state index in [9.17, 15) is 17.6 Å². The van der Waals surface area contributed by atoms with Crippen LogP contribution in [-0.2, 0) is 12.6 Å². The number of halogens is 4. The Morgan fingerprint density at radius 1 is 1.20 bits per heavy atom. The first-order valence-electron chi connectivity index (χ1n) is 7.82. The molecule has 0 aromatic heterocycles. The summed E-state index contributed by atoms with van der Waals surface area (Å²) in [5, 5.41) is 2.88. The number of hydrogen-bond donors (Lipinski definition) is 1. The molecule has 0 fully saturated rings. The molecule has 1 N–H and O–H groups in total. The minimum atomic E-state index is -4.48. The summed E-state index contributed by atoms with van der Waals surface area (Å²) in [4.78, 5) is 1.75. The molecule has 0 spiro atoms. The summed E-state index contributed by atoms with van der Waals surface area (Å²) in [5.41, 5.74) is 0.649. The van der Waals surface area contributed by atoms with Gasteiger partial charge in [0.1, 0.15) is 5.82 Å². The van der Waals surface area contributed by atoms with Gasteiger partial charge in [-0.15, -0.1) is 0 Å². The summed E-state index contributed by atoms with van der Waals surface area (Å²) in [6, 6.07) is 9.59. The molecule has 0 bridgehead atoms. The van der Waals surface area contributed by atoms with Gasteiger partial charge in [-0.1, -0.05) is 12.1 Å². The van der Waals surface area contributed by atoms with Crippen LogP contribution in [0.3, 0.4) is 0 Å². The van der Waals surface area contributed by atoms with Gasteiger partial charge in [-0.3, -0.25) is 0 Å². The molecule has 2 aromatic rings. The van der Waals surface area contributed by atoms with E-state index < -0.39 is 11.7 Å². The summed E-state index contributed by atoms with van der Waals surface area (Å²) < 4.78 is 52.9. The SMILES string of the molecule is CC1CCc2cc(F)ccc2N1C(=S)Nc1ccccc1C(F)(F)F. The van der Waals surface area contributed by atoms with Crippen LogP contribution in [-0.4, -0.2) is 11.2 Å². The minimum Gasteiger partial charge on any atom is -0.332 e. The molecule has 0 saturated carbocycles. The fraction of sp³-hybridized carbons (Fsp3) is 0.278. The van der Waals surface area contributed by atoms with Gasteiger partial charge in [-0.25, -0.2) is 4.39 Å². The number of aryl methyl sites for hydroxylation is 1. The van der Waals surface area contributed by atoms with Crippen LogP contribution in [0.1, 0.15) is 24.5 Å². The zero-order valence-corrected chi connectivity index (χ0v) is 14.2. The molecule has 132 valence electrons. The highest BCUT2D eigenvalue weighted by molar-refractivity contribution is 7.80. The Bertz CT molecular complexity index is 804. The monoisotopic (exact) mass is 368 g/mol. The summed E-state index contributed by atoms with van der Waals surface area (Å²) >= 11 is 5.38. The lowest BCUT2D eigenvalue weighted by Crippen LogP contribution is -2.44. The van der Waals surface area contributed by atoms with Crippen LogP contribution in [0.2, 0.25) is 0 Å². The average molecular weight is 368 g/mol. The van der Waals surface area contributed by atoms with E-state index in [0.717, 1.165) is 23.7 Å². The standard InChI is InChI=1S/C18H16F4N2S/c1-11-6-7-12-10-13(19)8-9-16(12)24(11)17(25)23-15-5-3-2-4-14(15)18(20,21)22/h2-5,8-11H,6-7H2,1H3,(H,23,25). The normalized spacial score (nSPS) is 17.2. The van der Waals surface area contributed by atoms with E-state index in [-0.39, 0.29) is 22.7 Å². The first-order valence-corrected chi connectivity index (χ1v) is 8.23. The zero-order valence-electron chi connectivity index (χ0n) is 13.4. The molecule has 1 heterocycles. The largest absolute Gasteiger partial charge is 0.418 e. The summed E-state index contributed by atoms with van der Waals surface area (Å²) in [5.74, 6) is -0.338. The van der Waals surface area contributed by atoms with Gasteiger partial charge >= 0.3 is 6.18 Å². The van der Waals surface area contributed by atoms with E-state index in [1.807, 2.05) is 6.92 Å². The van der Waals surface area contributed by atoms with Gasteiger partial charge in [-0.05, 0) is 67.9 Å². The van der Waals surface area contributed by atoms with Crippen LogP contribution in [0.5, 0.6) is 0 Å². The summed E-state index contributed by atoms with van der Waals surface area (Å²) in [6.45, 7) is 1.94. The molecule has 0 radical (unpaired) electrons. The van der Waals surface area contributed by atoms with Crippen molar-refractivity contribution in [1.29, 1.82) is 0 Å². The fourth-order valence-electron chi connectivity index (χ4n) is 3.04. The summed E-state index contributed by atoms with van der Waals surface area (Å²) in [7, 11) is 0. The lowest BCUT2D eigenvalue weighted by molar-refractivity contribution is -0.136. The van der Waals surface area contributed by atoms with Crippen LogP contribution in [0.15, 0.2) is 42.5 Å². The number of nitrogens with one attached hydrogen (secondary N) is 1. The van der Waals surface area contributed by atoms with Gasteiger partial charge in [0.2, 0.25) is 0 Å². The topological polar surface area (TPSA) is 15.3 Å². The molecule has 0 amide bonds. The Morgan fingerprint density at radius 2 is 1.92 bits per heavy atom. The van der Waals surface area contributed by atoms with E-state index in [2.05, 4.69) is 5.32 Å². The van der Waals surface area contributed by atoms with E-state index >= 15 is 0 Å². The Balaban J connectivity index is 1.93. The number of fused-ring (bicyclic) bond motifs is 1. The third-order valence-corrected chi connectivity index (χ3v) is 4.56. The molecule has 2 aromatic carbocycles. The van der Waals surface area contributed by atoms with Gasteiger partial charge in [0.05, 0.1) is 11.3 Å². The molecule has 25 heavy (non-hydrogen) atoms. The van der Waals surface area contributed by atoms with Crippen LogP contribution < -0.4 is 10.2 Å². The highest BCUT2D eigenvalue weighted by Crippen LogP contribution is 2.36. The maximum atomic E-state index is 13.5. The Morgan fingerprint density at radius 3 is 2.64 bits per heavy atom. The molecule has 0 aliphatic carbocycles. The molecule has 1 unspecified atom stereocenters. The van der Waals surface area contributed by atoms with Gasteiger partial charge < -0.3 is 10.2 Å². The third kappa shape index (κ3) is 3.61. The van der Waals surface area contributed by atoms with Crippen LogP contribution >= 0.6 is 12.2 Å². The van der Waals surface area contributed by atoms with Crippen LogP contribution in [0.25, 0.3) is 0 Å². The molecule has 1 atom stereocenters. The summed E-state index contributed by atoms with van der Waals surface area (Å²) in [6.07, 6.45) is -3.04. The number of benzene rings is 2. The number of alkyl halides is 3. The van der Waals surface area contributed by atoms with E-state index in [4.69, 9.17) is 12.2 Å². The van der Waals surface area contributed by atoms with Crippen molar-refractivity contribution < 1.29 is 17.6 Å². The van der Waals surface area contributed by atoms with Crippen LogP contribution in [0, 0.1) is 5.82 Å². The Kier molecular flexibility index (Phi) is 4.69. The molecule has 3 rings (SSSR count). The Labute approximate surface area is 148 Å². The van der Waals surface area contributed by atoms with Crippen LogP contribution in [0.4, 0.5) is 28.9 Å². The maximum Gasteiger partial charge on any atom is 0.418 e. The minimum absolute atomic E-state index is 0.00369. The van der Waals surface area contributed by atoms with E-state index in [1.165, 1.54) is 30.3 Å². The van der Waals surface area contributed by atoms with Gasteiger partial charge in [0.15, 0.2) is 5.11 Å². The molecular formula is C18H16F4N2S. The first kappa shape index (κ1) is 17.7. The molecular weight excluding hydrogens is 352 g/mol. The number of thiocarbonyl (C=S) groups is 1. The molecule has 7 heteroatoms. The smallest absolute Gasteiger partial charge is 0.332 e. The van der Waals surface area contributed by atoms with Gasteiger partial charge in [0, 0.05) is 11.7 Å². The predicted molar refractivity (Wildman–Crippen MR) is 94.3 cm³/mol. The van der Waals surface area contributed by atoms with Crippen molar-refractivity contribution >= 4 is 28.7 Å². The van der Waals surface area contributed by atoms with Crippen molar-refractivity contribution in [2.45, 2.75) is 32.0 Å². The average Bonchev–Trinajstić information content (AvgIpc) is 2.54. The molecule has 1 aliphatic rings. The lowest BCUT2D eigenvalue weighted by Gasteiger charge is -2.37. The van der Waals surface area contributed by atoms with E-state index in [0.29, 0.717) is 6.42 Å². The zero-order chi connectivity index (χ0) is 18.2. The van der Waals surface area contributed by atoms with Crippen molar-refractivity contribution in [3.63, 3.8) is 0 Å². The maximum absolute atomic E-state index is 13.5. The molecule has 0 saturated heterocycles. The highest BCUT2D eigenvalue weighted by Gasteiger charge is 2.34. The number of rotatable bonds is 1.